The highest BCUT2D eigenvalue weighted by molar-refractivity contribution is 7.99. The van der Waals surface area contributed by atoms with Gasteiger partial charge in [-0.15, -0.1) is 11.8 Å². The van der Waals surface area contributed by atoms with Crippen molar-refractivity contribution in [2.75, 3.05) is 25.4 Å². The Morgan fingerprint density at radius 1 is 0.693 bits per heavy atom. The molecule has 8 rings (SSSR count). The number of allylic oxidation sites excluding steroid dienone is 1. The second kappa shape index (κ2) is 25.8. The van der Waals surface area contributed by atoms with Gasteiger partial charge in [0.1, 0.15) is 17.6 Å². The summed E-state index contributed by atoms with van der Waals surface area (Å²) in [7, 11) is 0. The maximum Gasteiger partial charge on any atom is 0.407 e. The van der Waals surface area contributed by atoms with Crippen LogP contribution in [0.4, 0.5) is 4.79 Å². The first kappa shape index (κ1) is 56.0. The molecule has 75 heavy (non-hydrogen) atoms. The molecular weight excluding hydrogens is 969 g/mol. The number of ether oxygens (including phenoxy) is 5. The van der Waals surface area contributed by atoms with E-state index in [4.69, 9.17) is 23.7 Å². The molecule has 2 amide bonds. The van der Waals surface area contributed by atoms with Gasteiger partial charge in [0.15, 0.2) is 18.3 Å². The highest BCUT2D eigenvalue weighted by Gasteiger charge is 2.59. The van der Waals surface area contributed by atoms with Crippen LogP contribution in [-0.2, 0) is 28.5 Å². The third kappa shape index (κ3) is 13.5. The quantitative estimate of drug-likeness (QED) is 0.0399. The second-order valence-corrected chi connectivity index (χ2v) is 24.0. The second-order valence-electron chi connectivity index (χ2n) is 22.7. The molecule has 0 radical (unpaired) electrons. The first-order valence-electron chi connectivity index (χ1n) is 27.7. The SMILES string of the molecule is CC(C)CCC[C@@H](C)[C@H]1CCC2C3CC=C4CC(OC(=O)NCCC(=O)NCCCS[C@@H]5O[C@H](CO)[C@@H](OC(=O)c6ccccc6)[C@H](OC(=O)c6ccccc6)[C@@H]5OC(=O)c5ccccc5)CC[C@]4(C)C3CC[C@@]21C. The van der Waals surface area contributed by atoms with Crippen LogP contribution < -0.4 is 10.6 Å². The van der Waals surface area contributed by atoms with E-state index in [1.807, 2.05) is 0 Å². The largest absolute Gasteiger partial charge is 0.452 e. The number of fused-ring (bicyclic) bond motifs is 5. The molecule has 3 N–H and O–H groups in total. The molecule has 0 spiro atoms. The van der Waals surface area contributed by atoms with Crippen molar-refractivity contribution in [1.29, 1.82) is 0 Å². The van der Waals surface area contributed by atoms with Gasteiger partial charge in [0.25, 0.3) is 0 Å². The van der Waals surface area contributed by atoms with Crippen LogP contribution in [0.1, 0.15) is 149 Å². The van der Waals surface area contributed by atoms with Crippen LogP contribution in [0, 0.1) is 46.3 Å². The molecule has 1 heterocycles. The number of alkyl carbamates (subject to hydrolysis) is 1. The van der Waals surface area contributed by atoms with Crippen LogP contribution in [-0.4, -0.2) is 96.4 Å². The molecule has 4 fully saturated rings. The van der Waals surface area contributed by atoms with Crippen molar-refractivity contribution in [2.45, 2.75) is 154 Å². The molecule has 406 valence electrons. The molecule has 3 aromatic rings. The Balaban J connectivity index is 0.809. The van der Waals surface area contributed by atoms with E-state index in [1.54, 1.807) is 91.0 Å². The molecule has 3 saturated carbocycles. The van der Waals surface area contributed by atoms with Crippen LogP contribution in [0.25, 0.3) is 0 Å². The molecule has 1 saturated heterocycles. The fourth-order valence-corrected chi connectivity index (χ4v) is 14.8. The predicted octanol–water partition coefficient (Wildman–Crippen LogP) is 11.1. The van der Waals surface area contributed by atoms with Gasteiger partial charge < -0.3 is 39.4 Å². The minimum atomic E-state index is -1.40. The first-order valence-corrected chi connectivity index (χ1v) is 28.8. The minimum absolute atomic E-state index is 0.0653. The third-order valence-electron chi connectivity index (χ3n) is 17.6. The van der Waals surface area contributed by atoms with Gasteiger partial charge in [-0.2, -0.15) is 0 Å². The summed E-state index contributed by atoms with van der Waals surface area (Å²) in [5.41, 5.74) is 1.74. The summed E-state index contributed by atoms with van der Waals surface area (Å²) in [5, 5.41) is 16.3. The van der Waals surface area contributed by atoms with E-state index in [-0.39, 0.29) is 47.1 Å². The molecule has 4 unspecified atom stereocenters. The van der Waals surface area contributed by atoms with Crippen molar-refractivity contribution in [1.82, 2.24) is 10.6 Å². The number of benzene rings is 3. The van der Waals surface area contributed by atoms with Crippen molar-refractivity contribution in [3.05, 3.63) is 119 Å². The Morgan fingerprint density at radius 2 is 1.31 bits per heavy atom. The number of hydrogen-bond acceptors (Lipinski definition) is 12. The number of aliphatic hydroxyl groups is 1. The molecule has 0 bridgehead atoms. The summed E-state index contributed by atoms with van der Waals surface area (Å²) in [5.74, 6) is 2.54. The van der Waals surface area contributed by atoms with Crippen molar-refractivity contribution in [3.8, 4) is 0 Å². The average Bonchev–Trinajstić information content (AvgIpc) is 3.78. The number of esters is 3. The average molecular weight is 1050 g/mol. The maximum atomic E-state index is 13.7. The zero-order chi connectivity index (χ0) is 53.1. The van der Waals surface area contributed by atoms with Gasteiger partial charge in [-0.05, 0) is 140 Å². The normalized spacial score (nSPS) is 30.3. The van der Waals surface area contributed by atoms with Crippen molar-refractivity contribution in [3.63, 3.8) is 0 Å². The summed E-state index contributed by atoms with van der Waals surface area (Å²) in [4.78, 5) is 66.8. The number of carbonyl (C=O) groups excluding carboxylic acids is 5. The van der Waals surface area contributed by atoms with Gasteiger partial charge in [0.2, 0.25) is 5.91 Å². The molecule has 4 aliphatic carbocycles. The van der Waals surface area contributed by atoms with E-state index in [0.717, 1.165) is 55.3 Å². The Morgan fingerprint density at radius 3 is 1.92 bits per heavy atom. The molecule has 13 atom stereocenters. The number of carbonyl (C=O) groups is 5. The lowest BCUT2D eigenvalue weighted by molar-refractivity contribution is -0.207. The van der Waals surface area contributed by atoms with E-state index < -0.39 is 60.5 Å². The van der Waals surface area contributed by atoms with Gasteiger partial charge in [-0.1, -0.05) is 120 Å². The fraction of sp³-hybridized carbons (Fsp3) is 0.590. The number of aliphatic hydroxyl groups excluding tert-OH is 1. The Kier molecular flexibility index (Phi) is 19.3. The number of thioether (sulfide) groups is 1. The highest BCUT2D eigenvalue weighted by atomic mass is 32.2. The van der Waals surface area contributed by atoms with Gasteiger partial charge in [0.05, 0.1) is 23.3 Å². The molecule has 3 aromatic carbocycles. The van der Waals surface area contributed by atoms with E-state index >= 15 is 0 Å². The van der Waals surface area contributed by atoms with Crippen LogP contribution in [0.15, 0.2) is 103 Å². The fourth-order valence-electron chi connectivity index (χ4n) is 13.7. The van der Waals surface area contributed by atoms with Gasteiger partial charge in [0, 0.05) is 25.9 Å². The molecule has 0 aromatic heterocycles. The van der Waals surface area contributed by atoms with Crippen molar-refractivity contribution < 1.29 is 52.8 Å². The molecule has 5 aliphatic rings. The standard InChI is InChI=1S/C61H80N2O11S/c1-39(2)17-15-18-40(3)47-27-28-48-46-26-25-44-37-45(29-32-60(44,4)49(46)30-33-61(47,48)5)70-59(69)63-35-31-51(65)62-34-16-36-75-58-54(74-57(68)43-23-13-8-14-24-43)53(73-56(67)42-21-11-7-12-22-42)52(50(38-64)71-58)72-55(66)41-19-9-6-10-20-41/h6-14,19-25,39-40,45-50,52-54,58,64H,15-18,26-38H2,1-5H3,(H,62,65)(H,63,69)/t40-,45?,46?,47-,48?,49?,50-,52-,53+,54+,58+,60+,61-/m1/s1. The predicted molar refractivity (Wildman–Crippen MR) is 289 cm³/mol. The molecule has 14 heteroatoms. The third-order valence-corrected chi connectivity index (χ3v) is 18.8. The van der Waals surface area contributed by atoms with Gasteiger partial charge in [-0.25, -0.2) is 19.2 Å². The lowest BCUT2D eigenvalue weighted by Crippen LogP contribution is -2.61. The topological polar surface area (TPSA) is 176 Å². The molecule has 13 nitrogen and oxygen atoms in total. The zero-order valence-corrected chi connectivity index (χ0v) is 45.4. The highest BCUT2D eigenvalue weighted by Crippen LogP contribution is 2.67. The van der Waals surface area contributed by atoms with Crippen LogP contribution in [0.3, 0.4) is 0 Å². The Bertz CT molecular complexity index is 2420. The van der Waals surface area contributed by atoms with E-state index in [0.29, 0.717) is 30.1 Å². The number of nitrogens with one attached hydrogen (secondary N) is 2. The smallest absolute Gasteiger partial charge is 0.407 e. The summed E-state index contributed by atoms with van der Waals surface area (Å²) in [6, 6.07) is 24.8. The summed E-state index contributed by atoms with van der Waals surface area (Å²) in [6.07, 6.45) is 10.3. The monoisotopic (exact) mass is 1050 g/mol. The summed E-state index contributed by atoms with van der Waals surface area (Å²) >= 11 is 1.24. The Hall–Kier alpha value is -5.18. The molecular formula is C61H80N2O11S. The van der Waals surface area contributed by atoms with E-state index in [9.17, 15) is 29.1 Å². The van der Waals surface area contributed by atoms with Crippen LogP contribution in [0.5, 0.6) is 0 Å². The summed E-state index contributed by atoms with van der Waals surface area (Å²) in [6.45, 7) is 12.2. The van der Waals surface area contributed by atoms with Crippen molar-refractivity contribution >= 4 is 41.7 Å². The molecule has 1 aliphatic heterocycles. The van der Waals surface area contributed by atoms with E-state index in [2.05, 4.69) is 51.3 Å². The number of hydrogen-bond donors (Lipinski definition) is 3. The Labute approximate surface area is 448 Å². The first-order chi connectivity index (χ1) is 36.2. The van der Waals surface area contributed by atoms with Gasteiger partial charge in [-0.3, -0.25) is 4.79 Å². The minimum Gasteiger partial charge on any atom is -0.452 e. The van der Waals surface area contributed by atoms with Crippen LogP contribution in [0.2, 0.25) is 0 Å². The summed E-state index contributed by atoms with van der Waals surface area (Å²) < 4.78 is 30.4. The van der Waals surface area contributed by atoms with Crippen LogP contribution >= 0.6 is 11.8 Å². The van der Waals surface area contributed by atoms with Crippen molar-refractivity contribution in [2.24, 2.45) is 46.3 Å². The van der Waals surface area contributed by atoms with Gasteiger partial charge >= 0.3 is 24.0 Å². The number of rotatable bonds is 21. The maximum absolute atomic E-state index is 13.7. The number of amides is 2. The van der Waals surface area contributed by atoms with E-state index in [1.165, 1.54) is 62.3 Å². The zero-order valence-electron chi connectivity index (χ0n) is 44.6. The lowest BCUT2D eigenvalue weighted by atomic mass is 9.47. The lowest BCUT2D eigenvalue weighted by Gasteiger charge is -2.58.